The lowest BCUT2D eigenvalue weighted by atomic mass is 9.79. The Morgan fingerprint density at radius 1 is 0.565 bits per heavy atom. The number of benzene rings is 4. The van der Waals surface area contributed by atoms with Gasteiger partial charge in [-0.1, -0.05) is 0 Å². The number of fused-ring (bicyclic) bond motifs is 4. The Kier molecular flexibility index (Phi) is 12.7. The van der Waals surface area contributed by atoms with Crippen LogP contribution in [0.25, 0.3) is 32.7 Å². The van der Waals surface area contributed by atoms with E-state index in [9.17, 15) is 40.9 Å². The van der Waals surface area contributed by atoms with Crippen LogP contribution in [0.4, 0.5) is 0 Å². The normalized spacial score (nSPS) is 31.1. The molecule has 4 aliphatic heterocycles. The summed E-state index contributed by atoms with van der Waals surface area (Å²) in [5.74, 6) is 0.412. The number of hydrogen-bond acceptors (Lipinski definition) is 18. The van der Waals surface area contributed by atoms with Crippen molar-refractivity contribution in [3.8, 4) is 45.6 Å². The number of rotatable bonds is 11. The Morgan fingerprint density at radius 3 is 1.29 bits per heavy atom. The highest BCUT2D eigenvalue weighted by molar-refractivity contribution is 6.15. The van der Waals surface area contributed by atoms with Crippen molar-refractivity contribution in [3.05, 3.63) is 46.5 Å². The van der Waals surface area contributed by atoms with Crippen LogP contribution in [0.15, 0.2) is 24.3 Å². The summed E-state index contributed by atoms with van der Waals surface area (Å²) in [5, 5.41) is 90.0. The van der Waals surface area contributed by atoms with Gasteiger partial charge in [-0.3, -0.25) is 0 Å². The Bertz CT molecular complexity index is 2140. The first-order valence-electron chi connectivity index (χ1n) is 20.4. The van der Waals surface area contributed by atoms with E-state index in [1.165, 1.54) is 40.6 Å². The molecule has 18 heteroatoms. The molecule has 12 atom stereocenters. The van der Waals surface area contributed by atoms with Gasteiger partial charge in [-0.25, -0.2) is 0 Å². The number of aromatic hydroxyl groups is 2. The van der Waals surface area contributed by atoms with Crippen LogP contribution in [-0.4, -0.2) is 156 Å². The monoisotopic (exact) mass is 870 g/mol. The summed E-state index contributed by atoms with van der Waals surface area (Å²) in [6.07, 6.45) is -13.1. The van der Waals surface area contributed by atoms with Crippen molar-refractivity contribution in [3.63, 3.8) is 0 Å². The lowest BCUT2D eigenvalue weighted by molar-refractivity contribution is -0.281. The van der Waals surface area contributed by atoms with Gasteiger partial charge in [0.25, 0.3) is 0 Å². The molecule has 338 valence electrons. The van der Waals surface area contributed by atoms with Gasteiger partial charge >= 0.3 is 0 Å². The molecule has 4 aromatic carbocycles. The van der Waals surface area contributed by atoms with Crippen molar-refractivity contribution in [1.29, 1.82) is 0 Å². The van der Waals surface area contributed by atoms with Crippen LogP contribution in [0.2, 0.25) is 0 Å². The van der Waals surface area contributed by atoms with Gasteiger partial charge in [-0.2, -0.15) is 0 Å². The van der Waals surface area contributed by atoms with Gasteiger partial charge in [-0.15, -0.1) is 0 Å². The van der Waals surface area contributed by atoms with Crippen molar-refractivity contribution >= 4 is 21.5 Å². The van der Waals surface area contributed by atoms with Gasteiger partial charge in [0.05, 0.1) is 63.6 Å². The molecule has 0 aromatic heterocycles. The molecule has 0 amide bonds. The molecule has 0 radical (unpaired) electrons. The SMILES string of the molecule is COc1cc(OC2OC(CO)C(OC)C(O)C2O)cc2c(-c3c4c(c(O)c5c(OC)cc(OC6OC(CO)C(OC)C(O)C6O)cc35)COC(C)C4)c3c(c(O)c12)COC(C)C3. The molecular weight excluding hydrogens is 816 g/mol. The quantitative estimate of drug-likeness (QED) is 0.107. The van der Waals surface area contributed by atoms with Crippen LogP contribution >= 0.6 is 0 Å². The second-order valence-corrected chi connectivity index (χ2v) is 16.2. The Balaban J connectivity index is 1.40. The van der Waals surface area contributed by atoms with Gasteiger partial charge in [-0.05, 0) is 61.1 Å². The Labute approximate surface area is 356 Å². The van der Waals surface area contributed by atoms with E-state index in [1.807, 2.05) is 13.8 Å². The van der Waals surface area contributed by atoms with Crippen molar-refractivity contribution in [1.82, 2.24) is 0 Å². The fraction of sp³-hybridized carbons (Fsp3) is 0.545. The zero-order valence-electron chi connectivity index (χ0n) is 35.1. The molecule has 0 spiro atoms. The number of hydrogen-bond donors (Lipinski definition) is 8. The van der Waals surface area contributed by atoms with Gasteiger partial charge in [0.1, 0.15) is 83.3 Å². The minimum atomic E-state index is -1.60. The molecule has 2 fully saturated rings. The summed E-state index contributed by atoms with van der Waals surface area (Å²) in [6.45, 7) is 2.87. The van der Waals surface area contributed by atoms with Crippen LogP contribution in [0, 0.1) is 0 Å². The number of aliphatic hydroxyl groups is 6. The molecule has 62 heavy (non-hydrogen) atoms. The average Bonchev–Trinajstić information content (AvgIpc) is 3.26. The third-order valence-electron chi connectivity index (χ3n) is 12.5. The zero-order chi connectivity index (χ0) is 44.3. The highest BCUT2D eigenvalue weighted by Crippen LogP contribution is 2.55. The molecule has 12 unspecified atom stereocenters. The topological polar surface area (TPSA) is 254 Å². The van der Waals surface area contributed by atoms with Crippen molar-refractivity contribution in [2.24, 2.45) is 0 Å². The smallest absolute Gasteiger partial charge is 0.229 e. The highest BCUT2D eigenvalue weighted by atomic mass is 16.7. The summed E-state index contributed by atoms with van der Waals surface area (Å²) in [7, 11) is 5.51. The summed E-state index contributed by atoms with van der Waals surface area (Å²) >= 11 is 0. The molecule has 2 saturated heterocycles. The van der Waals surface area contributed by atoms with E-state index in [-0.39, 0.29) is 59.9 Å². The molecule has 4 heterocycles. The van der Waals surface area contributed by atoms with E-state index in [1.54, 1.807) is 12.1 Å². The minimum Gasteiger partial charge on any atom is -0.507 e. The number of phenolic OH excluding ortho intramolecular Hbond substituents is 2. The van der Waals surface area contributed by atoms with E-state index >= 15 is 0 Å². The number of phenols is 2. The summed E-state index contributed by atoms with van der Waals surface area (Å²) in [6, 6.07) is 6.34. The maximum Gasteiger partial charge on any atom is 0.229 e. The van der Waals surface area contributed by atoms with Gasteiger partial charge in [0.2, 0.25) is 12.6 Å². The first-order chi connectivity index (χ1) is 29.8. The molecule has 8 rings (SSSR count). The van der Waals surface area contributed by atoms with Crippen LogP contribution in [-0.2, 0) is 54.5 Å². The van der Waals surface area contributed by atoms with E-state index in [0.717, 1.165) is 11.1 Å². The Hall–Kier alpha value is -4.28. The minimum absolute atomic E-state index is 0.0546. The first kappa shape index (κ1) is 44.3. The largest absolute Gasteiger partial charge is 0.507 e. The van der Waals surface area contributed by atoms with Crippen LogP contribution in [0.3, 0.4) is 0 Å². The van der Waals surface area contributed by atoms with E-state index in [2.05, 4.69) is 0 Å². The fourth-order valence-corrected chi connectivity index (χ4v) is 9.36. The number of methoxy groups -OCH3 is 4. The average molecular weight is 871 g/mol. The zero-order valence-corrected chi connectivity index (χ0v) is 35.1. The van der Waals surface area contributed by atoms with E-state index < -0.39 is 74.6 Å². The summed E-state index contributed by atoms with van der Waals surface area (Å²) < 4.78 is 59.0. The van der Waals surface area contributed by atoms with E-state index in [4.69, 9.17) is 47.4 Å². The maximum atomic E-state index is 12.1. The summed E-state index contributed by atoms with van der Waals surface area (Å²) in [4.78, 5) is 0. The lowest BCUT2D eigenvalue weighted by Gasteiger charge is -2.41. The second-order valence-electron chi connectivity index (χ2n) is 16.2. The molecule has 4 aromatic rings. The molecule has 0 aliphatic carbocycles. The summed E-state index contributed by atoms with van der Waals surface area (Å²) in [5.41, 5.74) is 3.70. The van der Waals surface area contributed by atoms with Crippen LogP contribution in [0.5, 0.6) is 34.5 Å². The Morgan fingerprint density at radius 2 is 0.952 bits per heavy atom. The highest BCUT2D eigenvalue weighted by Gasteiger charge is 2.47. The van der Waals surface area contributed by atoms with Gasteiger partial charge < -0.3 is 88.2 Å². The third kappa shape index (κ3) is 7.44. The van der Waals surface area contributed by atoms with Gasteiger partial charge in [0.15, 0.2) is 0 Å². The van der Waals surface area contributed by atoms with Crippen LogP contribution < -0.4 is 18.9 Å². The molecule has 0 bridgehead atoms. The predicted molar refractivity (Wildman–Crippen MR) is 218 cm³/mol. The van der Waals surface area contributed by atoms with Crippen molar-refractivity contribution in [2.75, 3.05) is 41.7 Å². The molecular formula is C44H54O18. The van der Waals surface area contributed by atoms with Crippen LogP contribution in [0.1, 0.15) is 36.1 Å². The second kappa shape index (κ2) is 17.7. The first-order valence-corrected chi connectivity index (χ1v) is 20.4. The lowest BCUT2D eigenvalue weighted by Crippen LogP contribution is -2.60. The van der Waals surface area contributed by atoms with Gasteiger partial charge in [0, 0.05) is 48.3 Å². The third-order valence-corrected chi connectivity index (χ3v) is 12.5. The molecule has 18 nitrogen and oxygen atoms in total. The predicted octanol–water partition coefficient (Wildman–Crippen LogP) is 1.68. The number of ether oxygens (including phenoxy) is 10. The van der Waals surface area contributed by atoms with Crippen molar-refractivity contribution in [2.45, 2.75) is 114 Å². The molecule has 8 N–H and O–H groups in total. The maximum absolute atomic E-state index is 12.1. The fourth-order valence-electron chi connectivity index (χ4n) is 9.36. The van der Waals surface area contributed by atoms with E-state index in [0.29, 0.717) is 56.6 Å². The van der Waals surface area contributed by atoms with Crippen molar-refractivity contribution < 1.29 is 88.2 Å². The standard InChI is InChI=1S/C44H54O18/c1-17-7-21-25(15-57-17)35(47)33-23(9-19(11-27(33)53-3)59-43-39(51)37(49)41(55-5)29(13-45)61-43)31(21)32-22-8-18(2)58-16-26(22)36(48)34-24(32)10-20(12-28(34)54-4)60-44-40(52)38(50)42(56-6)30(14-46)62-44/h9-12,17-18,29-30,37-52H,7-8,13-16H2,1-6H3. The number of aliphatic hydroxyl groups excluding tert-OH is 6. The molecule has 0 saturated carbocycles. The molecule has 4 aliphatic rings.